The predicted octanol–water partition coefficient (Wildman–Crippen LogP) is 2.41. The fourth-order valence-corrected chi connectivity index (χ4v) is 2.33. The van der Waals surface area contributed by atoms with Crippen molar-refractivity contribution < 1.29 is 4.79 Å². The second kappa shape index (κ2) is 6.75. The molecular formula is C18H15N5O. The van der Waals surface area contributed by atoms with Crippen molar-refractivity contribution in [3.05, 3.63) is 77.9 Å². The number of aromatic nitrogens is 3. The van der Waals surface area contributed by atoms with Gasteiger partial charge in [-0.15, -0.1) is 0 Å². The van der Waals surface area contributed by atoms with E-state index in [0.29, 0.717) is 17.8 Å². The summed E-state index contributed by atoms with van der Waals surface area (Å²) in [5.41, 5.74) is 2.74. The Morgan fingerprint density at radius 1 is 1.25 bits per heavy atom. The normalized spacial score (nSPS) is 10.2. The summed E-state index contributed by atoms with van der Waals surface area (Å²) >= 11 is 0. The molecule has 6 heteroatoms. The van der Waals surface area contributed by atoms with Crippen LogP contribution in [-0.2, 0) is 6.54 Å². The molecule has 1 aromatic carbocycles. The van der Waals surface area contributed by atoms with Crippen LogP contribution in [-0.4, -0.2) is 32.6 Å². The zero-order valence-corrected chi connectivity index (χ0v) is 13.1. The van der Waals surface area contributed by atoms with Crippen LogP contribution in [0.5, 0.6) is 0 Å². The first-order valence-corrected chi connectivity index (χ1v) is 7.38. The lowest BCUT2D eigenvalue weighted by molar-refractivity contribution is 0.0784. The van der Waals surface area contributed by atoms with Crippen LogP contribution in [0.1, 0.15) is 21.6 Å². The third kappa shape index (κ3) is 3.31. The minimum atomic E-state index is -0.136. The van der Waals surface area contributed by atoms with Crippen molar-refractivity contribution in [2.24, 2.45) is 0 Å². The van der Waals surface area contributed by atoms with E-state index in [1.165, 1.54) is 6.20 Å². The van der Waals surface area contributed by atoms with Crippen molar-refractivity contribution in [1.29, 1.82) is 5.26 Å². The number of carbonyl (C=O) groups is 1. The molecule has 0 aliphatic rings. The number of benzene rings is 1. The van der Waals surface area contributed by atoms with Gasteiger partial charge in [-0.3, -0.25) is 4.79 Å². The molecule has 0 atom stereocenters. The molecule has 0 saturated carbocycles. The van der Waals surface area contributed by atoms with Gasteiger partial charge in [0.25, 0.3) is 5.91 Å². The largest absolute Gasteiger partial charge is 0.337 e. The highest BCUT2D eigenvalue weighted by Crippen LogP contribution is 2.12. The first kappa shape index (κ1) is 15.4. The fraction of sp³-hybridized carbons (Fsp3) is 0.111. The lowest BCUT2D eigenvalue weighted by Crippen LogP contribution is -2.26. The Bertz CT molecular complexity index is 861. The van der Waals surface area contributed by atoms with Gasteiger partial charge in [-0.05, 0) is 35.9 Å². The topological polar surface area (TPSA) is 74.8 Å². The molecule has 0 fully saturated rings. The predicted molar refractivity (Wildman–Crippen MR) is 88.3 cm³/mol. The molecule has 3 rings (SSSR count). The summed E-state index contributed by atoms with van der Waals surface area (Å²) in [6.45, 7) is 0.484. The monoisotopic (exact) mass is 317 g/mol. The highest BCUT2D eigenvalue weighted by molar-refractivity contribution is 5.93. The molecule has 0 N–H and O–H groups in total. The van der Waals surface area contributed by atoms with Crippen molar-refractivity contribution in [2.75, 3.05) is 7.05 Å². The summed E-state index contributed by atoms with van der Waals surface area (Å²) in [5, 5.41) is 12.9. The van der Waals surface area contributed by atoms with Gasteiger partial charge in [0.05, 0.1) is 11.3 Å². The number of carbonyl (C=O) groups excluding carboxylic acids is 1. The number of hydrogen-bond donors (Lipinski definition) is 0. The highest BCUT2D eigenvalue weighted by atomic mass is 16.2. The Balaban J connectivity index is 1.68. The third-order valence-corrected chi connectivity index (χ3v) is 3.60. The van der Waals surface area contributed by atoms with Crippen molar-refractivity contribution in [1.82, 2.24) is 19.7 Å². The van der Waals surface area contributed by atoms with Gasteiger partial charge in [-0.2, -0.15) is 10.4 Å². The molecule has 0 spiro atoms. The van der Waals surface area contributed by atoms with Gasteiger partial charge < -0.3 is 4.90 Å². The van der Waals surface area contributed by atoms with Gasteiger partial charge >= 0.3 is 0 Å². The van der Waals surface area contributed by atoms with E-state index in [-0.39, 0.29) is 5.91 Å². The number of nitrogens with zero attached hydrogens (tertiary/aromatic N) is 5. The molecule has 1 amide bonds. The zero-order chi connectivity index (χ0) is 16.9. The molecule has 0 unspecified atom stereocenters. The maximum atomic E-state index is 12.4. The number of rotatable bonds is 4. The number of pyridine rings is 1. The molecule has 0 radical (unpaired) electrons. The van der Waals surface area contributed by atoms with Crippen LogP contribution in [0.25, 0.3) is 5.69 Å². The quantitative estimate of drug-likeness (QED) is 0.740. The average molecular weight is 317 g/mol. The summed E-state index contributed by atoms with van der Waals surface area (Å²) in [7, 11) is 1.74. The molecule has 3 aromatic rings. The lowest BCUT2D eigenvalue weighted by atomic mass is 10.1. The molecule has 6 nitrogen and oxygen atoms in total. The Labute approximate surface area is 139 Å². The molecular weight excluding hydrogens is 302 g/mol. The van der Waals surface area contributed by atoms with E-state index in [1.807, 2.05) is 42.6 Å². The minimum Gasteiger partial charge on any atom is -0.337 e. The summed E-state index contributed by atoms with van der Waals surface area (Å²) in [6.07, 6.45) is 5.03. The molecule has 0 saturated heterocycles. The van der Waals surface area contributed by atoms with Gasteiger partial charge in [0, 0.05) is 32.2 Å². The van der Waals surface area contributed by atoms with Gasteiger partial charge in [0.1, 0.15) is 11.8 Å². The molecule has 118 valence electrons. The Hall–Kier alpha value is -3.46. The van der Waals surface area contributed by atoms with Crippen LogP contribution < -0.4 is 0 Å². The summed E-state index contributed by atoms with van der Waals surface area (Å²) in [6, 6.07) is 14.8. The van der Waals surface area contributed by atoms with E-state index in [4.69, 9.17) is 5.26 Å². The maximum absolute atomic E-state index is 12.4. The number of amides is 1. The number of nitriles is 1. The van der Waals surface area contributed by atoms with Crippen molar-refractivity contribution in [3.8, 4) is 11.8 Å². The van der Waals surface area contributed by atoms with Gasteiger partial charge in [-0.25, -0.2) is 9.67 Å². The number of hydrogen-bond acceptors (Lipinski definition) is 4. The van der Waals surface area contributed by atoms with Crippen molar-refractivity contribution in [3.63, 3.8) is 0 Å². The van der Waals surface area contributed by atoms with Crippen LogP contribution >= 0.6 is 0 Å². The van der Waals surface area contributed by atoms with E-state index in [1.54, 1.807) is 35.0 Å². The minimum absolute atomic E-state index is 0.136. The zero-order valence-electron chi connectivity index (χ0n) is 13.1. The lowest BCUT2D eigenvalue weighted by Gasteiger charge is -2.17. The first-order chi connectivity index (χ1) is 11.7. The van der Waals surface area contributed by atoms with Gasteiger partial charge in [0.15, 0.2) is 0 Å². The smallest absolute Gasteiger partial charge is 0.255 e. The summed E-state index contributed by atoms with van der Waals surface area (Å²) in [4.78, 5) is 17.9. The molecule has 2 heterocycles. The highest BCUT2D eigenvalue weighted by Gasteiger charge is 2.12. The second-order valence-electron chi connectivity index (χ2n) is 5.32. The van der Waals surface area contributed by atoms with Crippen LogP contribution in [0, 0.1) is 11.3 Å². The van der Waals surface area contributed by atoms with E-state index < -0.39 is 0 Å². The maximum Gasteiger partial charge on any atom is 0.255 e. The first-order valence-electron chi connectivity index (χ1n) is 7.38. The second-order valence-corrected chi connectivity index (χ2v) is 5.32. The molecule has 24 heavy (non-hydrogen) atoms. The van der Waals surface area contributed by atoms with Crippen molar-refractivity contribution in [2.45, 2.75) is 6.54 Å². The summed E-state index contributed by atoms with van der Waals surface area (Å²) < 4.78 is 1.78. The average Bonchev–Trinajstić information content (AvgIpc) is 3.16. The van der Waals surface area contributed by atoms with Crippen LogP contribution in [0.15, 0.2) is 61.1 Å². The summed E-state index contributed by atoms with van der Waals surface area (Å²) in [5.74, 6) is -0.136. The fourth-order valence-electron chi connectivity index (χ4n) is 2.33. The van der Waals surface area contributed by atoms with E-state index in [0.717, 1.165) is 11.3 Å². The van der Waals surface area contributed by atoms with Crippen molar-refractivity contribution >= 4 is 5.91 Å². The molecule has 0 bridgehead atoms. The SMILES string of the molecule is CN(Cc1ccc(-n2cccn2)cc1)C(=O)c1ccc(C#N)nc1. The third-order valence-electron chi connectivity index (χ3n) is 3.60. The van der Waals surface area contributed by atoms with E-state index >= 15 is 0 Å². The van der Waals surface area contributed by atoms with Gasteiger partial charge in [0.2, 0.25) is 0 Å². The molecule has 0 aliphatic carbocycles. The molecule has 0 aliphatic heterocycles. The van der Waals surface area contributed by atoms with E-state index in [2.05, 4.69) is 10.1 Å². The van der Waals surface area contributed by atoms with Crippen LogP contribution in [0.2, 0.25) is 0 Å². The van der Waals surface area contributed by atoms with Gasteiger partial charge in [-0.1, -0.05) is 12.1 Å². The van der Waals surface area contributed by atoms with Crippen LogP contribution in [0.4, 0.5) is 0 Å². The van der Waals surface area contributed by atoms with E-state index in [9.17, 15) is 4.79 Å². The Morgan fingerprint density at radius 3 is 2.62 bits per heavy atom. The standard InChI is InChI=1S/C18H15N5O/c1-22(18(24)15-5-6-16(11-19)20-12-15)13-14-3-7-17(8-4-14)23-10-2-9-21-23/h2-10,12H,13H2,1H3. The van der Waals surface area contributed by atoms with Crippen LogP contribution in [0.3, 0.4) is 0 Å². The Morgan fingerprint density at radius 2 is 2.04 bits per heavy atom. The molecule has 2 aromatic heterocycles. The Kier molecular flexibility index (Phi) is 4.34.